The van der Waals surface area contributed by atoms with Crippen LogP contribution in [0.1, 0.15) is 24.0 Å². The van der Waals surface area contributed by atoms with Gasteiger partial charge in [0.1, 0.15) is 17.4 Å². The van der Waals surface area contributed by atoms with Crippen LogP contribution >= 0.6 is 0 Å². The summed E-state index contributed by atoms with van der Waals surface area (Å²) in [6.07, 6.45) is 1.14. The van der Waals surface area contributed by atoms with E-state index in [1.807, 2.05) is 12.1 Å². The highest BCUT2D eigenvalue weighted by molar-refractivity contribution is 5.56. The number of benzene rings is 3. The zero-order valence-corrected chi connectivity index (χ0v) is 15.9. The van der Waals surface area contributed by atoms with Gasteiger partial charge >= 0.3 is 0 Å². The Hall–Kier alpha value is -2.92. The number of rotatable bonds is 6. The average molecular weight is 395 g/mol. The lowest BCUT2D eigenvalue weighted by Crippen LogP contribution is -2.64. The first-order chi connectivity index (χ1) is 14.0. The molecule has 3 aromatic rings. The predicted molar refractivity (Wildman–Crippen MR) is 109 cm³/mol. The molecule has 1 aliphatic heterocycles. The molecule has 1 saturated heterocycles. The first-order valence-corrected chi connectivity index (χ1v) is 9.74. The first kappa shape index (κ1) is 19.4. The van der Waals surface area contributed by atoms with Crippen LogP contribution in [0.5, 0.6) is 5.75 Å². The van der Waals surface area contributed by atoms with E-state index in [0.29, 0.717) is 12.8 Å². The molecule has 1 heterocycles. The number of phenolic OH excluding ortho intramolecular Hbond substituents is 1. The van der Waals surface area contributed by atoms with Gasteiger partial charge in [0.25, 0.3) is 0 Å². The summed E-state index contributed by atoms with van der Waals surface area (Å²) < 4.78 is 26.6. The van der Waals surface area contributed by atoms with Crippen molar-refractivity contribution >= 4 is 5.69 Å². The van der Waals surface area contributed by atoms with Crippen molar-refractivity contribution in [3.05, 3.63) is 95.6 Å². The SMILES string of the molecule is Oc1ccc(C2(C(O)CCc3ccc(F)cc3)CCN2c2ccc(F)cc2)cc1. The third-order valence-corrected chi connectivity index (χ3v) is 5.87. The Morgan fingerprint density at radius 3 is 2.00 bits per heavy atom. The van der Waals surface area contributed by atoms with Crippen molar-refractivity contribution in [1.82, 2.24) is 0 Å². The van der Waals surface area contributed by atoms with E-state index in [4.69, 9.17) is 0 Å². The van der Waals surface area contributed by atoms with Crippen molar-refractivity contribution in [3.63, 3.8) is 0 Å². The lowest BCUT2D eigenvalue weighted by Gasteiger charge is -2.57. The Morgan fingerprint density at radius 1 is 0.862 bits per heavy atom. The molecule has 1 aliphatic rings. The minimum atomic E-state index is -0.698. The maximum Gasteiger partial charge on any atom is 0.123 e. The molecule has 0 spiro atoms. The van der Waals surface area contributed by atoms with Gasteiger partial charge in [-0.05, 0) is 78.9 Å². The van der Waals surface area contributed by atoms with E-state index in [1.165, 1.54) is 24.3 Å². The number of hydrogen-bond acceptors (Lipinski definition) is 3. The van der Waals surface area contributed by atoms with Gasteiger partial charge in [-0.2, -0.15) is 0 Å². The van der Waals surface area contributed by atoms with Crippen LogP contribution in [0.3, 0.4) is 0 Å². The van der Waals surface area contributed by atoms with Crippen LogP contribution < -0.4 is 4.90 Å². The summed E-state index contributed by atoms with van der Waals surface area (Å²) in [6.45, 7) is 0.736. The molecule has 1 fully saturated rings. The highest BCUT2D eigenvalue weighted by Gasteiger charge is 2.51. The summed E-state index contributed by atoms with van der Waals surface area (Å²) in [5.41, 5.74) is 2.04. The van der Waals surface area contributed by atoms with Gasteiger partial charge in [0.2, 0.25) is 0 Å². The zero-order valence-electron chi connectivity index (χ0n) is 15.9. The number of nitrogens with zero attached hydrogens (tertiary/aromatic N) is 1. The van der Waals surface area contributed by atoms with Crippen molar-refractivity contribution in [2.45, 2.75) is 30.9 Å². The molecule has 5 heteroatoms. The van der Waals surface area contributed by atoms with Gasteiger partial charge in [0, 0.05) is 12.2 Å². The molecule has 0 saturated carbocycles. The lowest BCUT2D eigenvalue weighted by molar-refractivity contribution is 0.0346. The second kappa shape index (κ2) is 7.84. The van der Waals surface area contributed by atoms with Gasteiger partial charge in [-0.1, -0.05) is 24.3 Å². The number of aliphatic hydroxyl groups excluding tert-OH is 1. The van der Waals surface area contributed by atoms with Crippen LogP contribution in [0, 0.1) is 11.6 Å². The maximum absolute atomic E-state index is 13.4. The maximum atomic E-state index is 13.4. The average Bonchev–Trinajstić information content (AvgIpc) is 2.70. The van der Waals surface area contributed by atoms with E-state index in [-0.39, 0.29) is 17.4 Å². The Labute approximate surface area is 168 Å². The number of hydrogen-bond donors (Lipinski definition) is 2. The van der Waals surface area contributed by atoms with Gasteiger partial charge in [0.05, 0.1) is 11.6 Å². The molecular weight excluding hydrogens is 372 g/mol. The fourth-order valence-electron chi connectivity index (χ4n) is 4.23. The van der Waals surface area contributed by atoms with Gasteiger partial charge in [-0.25, -0.2) is 8.78 Å². The molecule has 2 unspecified atom stereocenters. The summed E-state index contributed by atoms with van der Waals surface area (Å²) >= 11 is 0. The standard InChI is InChI=1S/C24H23F2NO2/c25-19-6-1-17(2-7-19)3-14-23(29)24(18-4-12-22(28)13-5-18)15-16-27(24)21-10-8-20(26)9-11-21/h1-2,4-13,23,28-29H,3,14-16H2. The van der Waals surface area contributed by atoms with Crippen molar-refractivity contribution < 1.29 is 19.0 Å². The van der Waals surface area contributed by atoms with E-state index >= 15 is 0 Å². The molecule has 3 nitrogen and oxygen atoms in total. The van der Waals surface area contributed by atoms with Crippen LogP contribution in [0.15, 0.2) is 72.8 Å². The van der Waals surface area contributed by atoms with Crippen molar-refractivity contribution in [3.8, 4) is 5.75 Å². The fourth-order valence-corrected chi connectivity index (χ4v) is 4.23. The third-order valence-electron chi connectivity index (χ3n) is 5.87. The summed E-state index contributed by atoms with van der Waals surface area (Å²) in [7, 11) is 0. The monoisotopic (exact) mass is 395 g/mol. The van der Waals surface area contributed by atoms with Gasteiger partial charge in [-0.15, -0.1) is 0 Å². The molecule has 2 atom stereocenters. The number of anilines is 1. The van der Waals surface area contributed by atoms with E-state index in [0.717, 1.165) is 29.8 Å². The van der Waals surface area contributed by atoms with Crippen LogP contribution in [0.4, 0.5) is 14.5 Å². The van der Waals surface area contributed by atoms with Crippen molar-refractivity contribution in [1.29, 1.82) is 0 Å². The topological polar surface area (TPSA) is 43.7 Å². The van der Waals surface area contributed by atoms with Gasteiger partial charge in [-0.3, -0.25) is 0 Å². The molecule has 29 heavy (non-hydrogen) atoms. The van der Waals surface area contributed by atoms with E-state index < -0.39 is 11.6 Å². The molecule has 0 bridgehead atoms. The van der Waals surface area contributed by atoms with Crippen molar-refractivity contribution in [2.75, 3.05) is 11.4 Å². The Morgan fingerprint density at radius 2 is 1.45 bits per heavy atom. The van der Waals surface area contributed by atoms with Crippen LogP contribution in [-0.4, -0.2) is 22.9 Å². The second-order valence-electron chi connectivity index (χ2n) is 7.53. The molecule has 0 amide bonds. The number of aryl methyl sites for hydroxylation is 1. The molecular formula is C24H23F2NO2. The Balaban J connectivity index is 1.63. The molecule has 3 aromatic carbocycles. The zero-order chi connectivity index (χ0) is 20.4. The number of phenols is 1. The van der Waals surface area contributed by atoms with Crippen LogP contribution in [0.2, 0.25) is 0 Å². The fraction of sp³-hybridized carbons (Fsp3) is 0.250. The largest absolute Gasteiger partial charge is 0.508 e. The first-order valence-electron chi connectivity index (χ1n) is 9.74. The summed E-state index contributed by atoms with van der Waals surface area (Å²) in [5, 5.41) is 21.0. The van der Waals surface area contributed by atoms with Gasteiger partial charge < -0.3 is 15.1 Å². The smallest absolute Gasteiger partial charge is 0.123 e. The highest BCUT2D eigenvalue weighted by atomic mass is 19.1. The van der Waals surface area contributed by atoms with E-state index in [2.05, 4.69) is 4.90 Å². The summed E-state index contributed by atoms with van der Waals surface area (Å²) in [4.78, 5) is 2.09. The van der Waals surface area contributed by atoms with E-state index in [9.17, 15) is 19.0 Å². The molecule has 150 valence electrons. The molecule has 2 N–H and O–H groups in total. The molecule has 4 rings (SSSR count). The minimum absolute atomic E-state index is 0.164. The number of aliphatic hydroxyl groups is 1. The van der Waals surface area contributed by atoms with Crippen LogP contribution in [-0.2, 0) is 12.0 Å². The number of halogens is 2. The van der Waals surface area contributed by atoms with Crippen LogP contribution in [0.25, 0.3) is 0 Å². The summed E-state index contributed by atoms with van der Waals surface area (Å²) in [5.74, 6) is -0.421. The Kier molecular flexibility index (Phi) is 5.24. The quantitative estimate of drug-likeness (QED) is 0.632. The highest BCUT2D eigenvalue weighted by Crippen LogP contribution is 2.47. The Bertz CT molecular complexity index is 958. The molecule has 0 aliphatic carbocycles. The second-order valence-corrected chi connectivity index (χ2v) is 7.53. The minimum Gasteiger partial charge on any atom is -0.508 e. The normalized spacial score (nSPS) is 19.6. The van der Waals surface area contributed by atoms with Gasteiger partial charge in [0.15, 0.2) is 0 Å². The molecule has 0 radical (unpaired) electrons. The van der Waals surface area contributed by atoms with E-state index in [1.54, 1.807) is 36.4 Å². The summed E-state index contributed by atoms with van der Waals surface area (Å²) in [6, 6.07) is 19.5. The predicted octanol–water partition coefficient (Wildman–Crippen LogP) is 4.77. The number of aromatic hydroxyl groups is 1. The molecule has 0 aromatic heterocycles. The lowest BCUT2D eigenvalue weighted by atomic mass is 9.72. The third kappa shape index (κ3) is 3.70. The van der Waals surface area contributed by atoms with Crippen molar-refractivity contribution in [2.24, 2.45) is 0 Å².